The Kier molecular flexibility index (Phi) is 5.64. The summed E-state index contributed by atoms with van der Waals surface area (Å²) >= 11 is 0. The summed E-state index contributed by atoms with van der Waals surface area (Å²) in [4.78, 5) is 44.7. The van der Waals surface area contributed by atoms with Crippen molar-refractivity contribution < 1.29 is 19.1 Å². The molecule has 6 rings (SSSR count). The summed E-state index contributed by atoms with van der Waals surface area (Å²) in [5.41, 5.74) is 7.08. The molecule has 1 aliphatic carbocycles. The van der Waals surface area contributed by atoms with Crippen molar-refractivity contribution in [1.29, 1.82) is 0 Å². The minimum absolute atomic E-state index is 0.00186. The van der Waals surface area contributed by atoms with E-state index in [1.807, 2.05) is 24.3 Å². The minimum Gasteiger partial charge on any atom is -0.460 e. The Labute approximate surface area is 214 Å². The lowest BCUT2D eigenvalue weighted by Gasteiger charge is -2.15. The van der Waals surface area contributed by atoms with E-state index in [4.69, 9.17) is 9.72 Å². The maximum Gasteiger partial charge on any atom is 0.339 e. The molecule has 0 saturated heterocycles. The van der Waals surface area contributed by atoms with Gasteiger partial charge < -0.3 is 4.74 Å². The van der Waals surface area contributed by atoms with Crippen molar-refractivity contribution in [2.24, 2.45) is 0 Å². The van der Waals surface area contributed by atoms with Gasteiger partial charge in [-0.15, -0.1) is 0 Å². The zero-order valence-electron chi connectivity index (χ0n) is 20.4. The summed E-state index contributed by atoms with van der Waals surface area (Å²) in [7, 11) is 0. The number of ether oxygens (including phenoxy) is 1. The molecule has 6 nitrogen and oxygen atoms in total. The van der Waals surface area contributed by atoms with Gasteiger partial charge >= 0.3 is 5.97 Å². The minimum atomic E-state index is -0.469. The van der Waals surface area contributed by atoms with Crippen LogP contribution < -0.4 is 0 Å². The van der Waals surface area contributed by atoms with Gasteiger partial charge in [-0.05, 0) is 60.7 Å². The van der Waals surface area contributed by atoms with E-state index in [0.717, 1.165) is 44.6 Å². The zero-order chi connectivity index (χ0) is 25.5. The first-order valence-electron chi connectivity index (χ1n) is 12.3. The van der Waals surface area contributed by atoms with Crippen LogP contribution in [0.2, 0.25) is 0 Å². The van der Waals surface area contributed by atoms with Crippen molar-refractivity contribution in [1.82, 2.24) is 9.88 Å². The van der Waals surface area contributed by atoms with Crippen molar-refractivity contribution >= 4 is 40.3 Å². The molecule has 37 heavy (non-hydrogen) atoms. The summed E-state index contributed by atoms with van der Waals surface area (Å²) in [6.07, 6.45) is 3.60. The first kappa shape index (κ1) is 22.9. The number of carbonyl (C=O) groups is 3. The molecule has 4 aromatic rings. The highest BCUT2D eigenvalue weighted by atomic mass is 16.5. The molecule has 0 saturated carbocycles. The Morgan fingerprint density at radius 2 is 1.59 bits per heavy atom. The molecule has 182 valence electrons. The lowest BCUT2D eigenvalue weighted by atomic mass is 10.0. The van der Waals surface area contributed by atoms with Crippen LogP contribution in [-0.4, -0.2) is 40.8 Å². The summed E-state index contributed by atoms with van der Waals surface area (Å²) in [6.45, 7) is 1.98. The number of hydrogen-bond acceptors (Lipinski definition) is 5. The average molecular weight is 489 g/mol. The highest BCUT2D eigenvalue weighted by Crippen LogP contribution is 2.38. The summed E-state index contributed by atoms with van der Waals surface area (Å²) in [5.74, 6) is -1.20. The standard InChI is InChI=1S/C31H24N2O4/c1-19-10-12-20(13-11-19)18-21-14-15-25-27(24-8-4-5-9-26(24)32-28(21)25)31(36)37-17-16-33-29(34)22-6-2-3-7-23(22)30(33)35/h2-13,18H,14-17H2,1H3. The molecular formula is C31H24N2O4. The van der Waals surface area contributed by atoms with Gasteiger partial charge in [0.25, 0.3) is 11.8 Å². The van der Waals surface area contributed by atoms with Gasteiger partial charge in [0.1, 0.15) is 6.61 Å². The Bertz CT molecular complexity index is 1580. The topological polar surface area (TPSA) is 76.6 Å². The predicted octanol–water partition coefficient (Wildman–Crippen LogP) is 5.48. The third-order valence-electron chi connectivity index (χ3n) is 6.99. The van der Waals surface area contributed by atoms with Gasteiger partial charge in [0.15, 0.2) is 0 Å². The Hall–Kier alpha value is -4.58. The van der Waals surface area contributed by atoms with Crippen LogP contribution >= 0.6 is 0 Å². The second kappa shape index (κ2) is 9.13. The van der Waals surface area contributed by atoms with E-state index in [1.54, 1.807) is 24.3 Å². The van der Waals surface area contributed by atoms with Gasteiger partial charge in [0.05, 0.1) is 34.4 Å². The number of aromatic nitrogens is 1. The molecule has 1 aromatic heterocycles. The molecule has 0 fully saturated rings. The number of carbonyl (C=O) groups excluding carboxylic acids is 3. The van der Waals surface area contributed by atoms with Crippen molar-refractivity contribution in [3.8, 4) is 0 Å². The van der Waals surface area contributed by atoms with Gasteiger partial charge in [-0.25, -0.2) is 9.78 Å². The number of aryl methyl sites for hydroxylation is 1. The Balaban J connectivity index is 1.27. The van der Waals surface area contributed by atoms with Crippen LogP contribution in [0.1, 0.15) is 59.9 Å². The van der Waals surface area contributed by atoms with Gasteiger partial charge in [0, 0.05) is 5.39 Å². The van der Waals surface area contributed by atoms with Crippen LogP contribution in [-0.2, 0) is 11.2 Å². The molecule has 0 bridgehead atoms. The summed E-state index contributed by atoms with van der Waals surface area (Å²) in [6, 6.07) is 22.6. The molecule has 2 heterocycles. The second-order valence-corrected chi connectivity index (χ2v) is 9.35. The number of esters is 1. The number of hydrogen-bond donors (Lipinski definition) is 0. The second-order valence-electron chi connectivity index (χ2n) is 9.35. The number of benzene rings is 3. The number of fused-ring (bicyclic) bond motifs is 3. The largest absolute Gasteiger partial charge is 0.460 e. The SMILES string of the molecule is Cc1ccc(C=C2CCc3c2nc2ccccc2c3C(=O)OCCN2C(=O)c3ccccc3C2=O)cc1. The van der Waals surface area contributed by atoms with E-state index in [9.17, 15) is 14.4 Å². The number of para-hydroxylation sites is 1. The fraction of sp³-hybridized carbons (Fsp3) is 0.161. The van der Waals surface area contributed by atoms with Gasteiger partial charge in [-0.3, -0.25) is 14.5 Å². The maximum atomic E-state index is 13.4. The van der Waals surface area contributed by atoms with Crippen LogP contribution in [0.25, 0.3) is 22.6 Å². The van der Waals surface area contributed by atoms with E-state index >= 15 is 0 Å². The third-order valence-corrected chi connectivity index (χ3v) is 6.99. The smallest absolute Gasteiger partial charge is 0.339 e. The number of allylic oxidation sites excluding steroid dienone is 1. The van der Waals surface area contributed by atoms with Crippen molar-refractivity contribution in [3.63, 3.8) is 0 Å². The number of amides is 2. The Morgan fingerprint density at radius 3 is 2.32 bits per heavy atom. The summed E-state index contributed by atoms with van der Waals surface area (Å²) in [5, 5.41) is 0.739. The lowest BCUT2D eigenvalue weighted by molar-refractivity contribution is 0.0421. The average Bonchev–Trinajstić information content (AvgIpc) is 3.42. The fourth-order valence-electron chi connectivity index (χ4n) is 5.12. The normalized spacial score (nSPS) is 15.4. The first-order chi connectivity index (χ1) is 18.0. The van der Waals surface area contributed by atoms with Gasteiger partial charge in [0.2, 0.25) is 0 Å². The van der Waals surface area contributed by atoms with E-state index < -0.39 is 5.97 Å². The van der Waals surface area contributed by atoms with Crippen LogP contribution in [0.5, 0.6) is 0 Å². The van der Waals surface area contributed by atoms with Crippen LogP contribution in [0.15, 0.2) is 72.8 Å². The highest BCUT2D eigenvalue weighted by Gasteiger charge is 2.35. The van der Waals surface area contributed by atoms with E-state index in [-0.39, 0.29) is 25.0 Å². The molecule has 2 amide bonds. The number of imide groups is 1. The molecule has 0 unspecified atom stereocenters. The number of pyridine rings is 1. The lowest BCUT2D eigenvalue weighted by Crippen LogP contribution is -2.33. The first-order valence-corrected chi connectivity index (χ1v) is 12.3. The third kappa shape index (κ3) is 4.00. The quantitative estimate of drug-likeness (QED) is 0.275. The molecule has 1 aliphatic heterocycles. The van der Waals surface area contributed by atoms with Crippen molar-refractivity contribution in [3.05, 3.63) is 112 Å². The summed E-state index contributed by atoms with van der Waals surface area (Å²) < 4.78 is 5.65. The molecular weight excluding hydrogens is 464 g/mol. The van der Waals surface area contributed by atoms with E-state index in [1.165, 1.54) is 5.56 Å². The molecule has 0 N–H and O–H groups in total. The van der Waals surface area contributed by atoms with E-state index in [0.29, 0.717) is 23.1 Å². The van der Waals surface area contributed by atoms with Crippen molar-refractivity contribution in [2.75, 3.05) is 13.2 Å². The highest BCUT2D eigenvalue weighted by molar-refractivity contribution is 6.21. The van der Waals surface area contributed by atoms with Gasteiger partial charge in [-0.2, -0.15) is 0 Å². The Morgan fingerprint density at radius 1 is 0.919 bits per heavy atom. The fourth-order valence-corrected chi connectivity index (χ4v) is 5.12. The molecule has 0 atom stereocenters. The van der Waals surface area contributed by atoms with Crippen LogP contribution in [0.4, 0.5) is 0 Å². The molecule has 0 spiro atoms. The van der Waals surface area contributed by atoms with Crippen LogP contribution in [0, 0.1) is 6.92 Å². The van der Waals surface area contributed by atoms with Crippen LogP contribution in [0.3, 0.4) is 0 Å². The maximum absolute atomic E-state index is 13.4. The molecule has 0 radical (unpaired) electrons. The zero-order valence-corrected chi connectivity index (χ0v) is 20.4. The monoisotopic (exact) mass is 488 g/mol. The number of rotatable bonds is 5. The number of nitrogens with zero attached hydrogens (tertiary/aromatic N) is 2. The molecule has 6 heteroatoms. The molecule has 2 aliphatic rings. The predicted molar refractivity (Wildman–Crippen MR) is 141 cm³/mol. The van der Waals surface area contributed by atoms with Crippen molar-refractivity contribution in [2.45, 2.75) is 19.8 Å². The van der Waals surface area contributed by atoms with Gasteiger partial charge in [-0.1, -0.05) is 60.2 Å². The van der Waals surface area contributed by atoms with E-state index in [2.05, 4.69) is 37.3 Å². The molecule has 3 aromatic carbocycles.